The van der Waals surface area contributed by atoms with E-state index in [2.05, 4.69) is 13.8 Å². The van der Waals surface area contributed by atoms with Crippen LogP contribution in [-0.4, -0.2) is 23.7 Å². The third kappa shape index (κ3) is 13.4. The van der Waals surface area contributed by atoms with Crippen LogP contribution in [0.1, 0.15) is 61.3 Å². The first-order chi connectivity index (χ1) is 10.1. The van der Waals surface area contributed by atoms with Crippen LogP contribution in [0.25, 0.3) is 0 Å². The Morgan fingerprint density at radius 1 is 1.05 bits per heavy atom. The molecule has 0 saturated carbocycles. The normalized spacial score (nSPS) is 12.0. The summed E-state index contributed by atoms with van der Waals surface area (Å²) in [7, 11) is 0. The molecular formula is C18H32O4. The highest BCUT2D eigenvalue weighted by Gasteiger charge is 2.06. The highest BCUT2D eigenvalue weighted by molar-refractivity contribution is 5.87. The van der Waals surface area contributed by atoms with Gasteiger partial charge in [0.25, 0.3) is 0 Å². The number of carboxylic acids is 1. The number of hydrogen-bond acceptors (Lipinski definition) is 3. The molecular weight excluding hydrogens is 280 g/mol. The maximum absolute atomic E-state index is 11.0. The van der Waals surface area contributed by atoms with Crippen molar-refractivity contribution < 1.29 is 19.4 Å². The lowest BCUT2D eigenvalue weighted by molar-refractivity contribution is -0.140. The van der Waals surface area contributed by atoms with Gasteiger partial charge in [-0.05, 0) is 45.4 Å². The lowest BCUT2D eigenvalue weighted by Crippen LogP contribution is -2.10. The summed E-state index contributed by atoms with van der Waals surface area (Å²) in [5.41, 5.74) is 1.20. The first kappa shape index (κ1) is 22.7. The maximum atomic E-state index is 11.0. The number of rotatable bonds is 7. The van der Waals surface area contributed by atoms with E-state index in [4.69, 9.17) is 9.84 Å². The number of carbonyl (C=O) groups excluding carboxylic acids is 1. The van der Waals surface area contributed by atoms with Crippen molar-refractivity contribution in [2.75, 3.05) is 6.61 Å². The topological polar surface area (TPSA) is 63.6 Å². The van der Waals surface area contributed by atoms with Crippen molar-refractivity contribution in [3.63, 3.8) is 0 Å². The van der Waals surface area contributed by atoms with Gasteiger partial charge in [-0.3, -0.25) is 0 Å². The second-order valence-electron chi connectivity index (χ2n) is 6.02. The molecule has 0 aliphatic heterocycles. The van der Waals surface area contributed by atoms with Gasteiger partial charge < -0.3 is 9.84 Å². The fraction of sp³-hybridized carbons (Fsp3) is 0.667. The number of hydrogen-bond donors (Lipinski definition) is 1. The molecule has 0 heterocycles. The maximum Gasteiger partial charge on any atom is 0.333 e. The van der Waals surface area contributed by atoms with Crippen LogP contribution in [0.3, 0.4) is 0 Å². The fourth-order valence-corrected chi connectivity index (χ4v) is 1.29. The lowest BCUT2D eigenvalue weighted by Gasteiger charge is -2.06. The van der Waals surface area contributed by atoms with Crippen LogP contribution in [0, 0.1) is 11.8 Å². The van der Waals surface area contributed by atoms with Gasteiger partial charge in [0.1, 0.15) is 0 Å². The average molecular weight is 312 g/mol. The summed E-state index contributed by atoms with van der Waals surface area (Å²) in [6, 6.07) is 0. The minimum Gasteiger partial charge on any atom is -0.478 e. The molecule has 0 spiro atoms. The van der Waals surface area contributed by atoms with E-state index in [0.29, 0.717) is 36.0 Å². The number of ether oxygens (including phenoxy) is 1. The summed E-state index contributed by atoms with van der Waals surface area (Å²) in [6.45, 7) is 14.1. The molecule has 128 valence electrons. The standard InChI is InChI=1S/2C9H16O2/c1-5-8(4)9(10)11-6-7(2)3;1-4-8(9(10)11)6-5-7(2)3/h5,7H,6H2,1-4H3;4,7H,5-6H2,1-3H3,(H,10,11)/b8-5+;8-4+. The van der Waals surface area contributed by atoms with Crippen LogP contribution in [0.5, 0.6) is 0 Å². The molecule has 0 atom stereocenters. The van der Waals surface area contributed by atoms with Crippen LogP contribution in [0.2, 0.25) is 0 Å². The quantitative estimate of drug-likeness (QED) is 0.551. The summed E-state index contributed by atoms with van der Waals surface area (Å²) in [5, 5.41) is 8.62. The molecule has 0 unspecified atom stereocenters. The Kier molecular flexibility index (Phi) is 13.5. The van der Waals surface area contributed by atoms with E-state index in [1.54, 1.807) is 26.0 Å². The summed E-state index contributed by atoms with van der Waals surface area (Å²) >= 11 is 0. The van der Waals surface area contributed by atoms with Gasteiger partial charge in [-0.2, -0.15) is 0 Å². The Hall–Kier alpha value is -1.58. The molecule has 0 rings (SSSR count). The van der Waals surface area contributed by atoms with Crippen molar-refractivity contribution in [3.8, 4) is 0 Å². The molecule has 0 aliphatic carbocycles. The Balaban J connectivity index is 0. The number of esters is 1. The number of allylic oxidation sites excluding steroid dienone is 2. The average Bonchev–Trinajstić information content (AvgIpc) is 2.44. The third-order valence-corrected chi connectivity index (χ3v) is 2.92. The molecule has 0 aliphatic rings. The first-order valence-corrected chi connectivity index (χ1v) is 7.84. The van der Waals surface area contributed by atoms with Gasteiger partial charge in [-0.25, -0.2) is 9.59 Å². The second-order valence-corrected chi connectivity index (χ2v) is 6.02. The number of carboxylic acid groups (broad SMARTS) is 1. The number of carbonyl (C=O) groups is 2. The van der Waals surface area contributed by atoms with Gasteiger partial charge >= 0.3 is 11.9 Å². The van der Waals surface area contributed by atoms with Crippen molar-refractivity contribution in [2.45, 2.75) is 61.3 Å². The minimum absolute atomic E-state index is 0.207. The molecule has 0 saturated heterocycles. The van der Waals surface area contributed by atoms with Gasteiger partial charge in [0.05, 0.1) is 6.61 Å². The van der Waals surface area contributed by atoms with Gasteiger partial charge in [-0.15, -0.1) is 0 Å². The van der Waals surface area contributed by atoms with E-state index in [9.17, 15) is 9.59 Å². The molecule has 0 amide bonds. The van der Waals surface area contributed by atoms with E-state index < -0.39 is 5.97 Å². The minimum atomic E-state index is -0.784. The largest absolute Gasteiger partial charge is 0.478 e. The van der Waals surface area contributed by atoms with Crippen molar-refractivity contribution in [3.05, 3.63) is 23.3 Å². The molecule has 0 fully saturated rings. The van der Waals surface area contributed by atoms with Crippen LogP contribution < -0.4 is 0 Å². The molecule has 22 heavy (non-hydrogen) atoms. The zero-order valence-corrected chi connectivity index (χ0v) is 15.1. The highest BCUT2D eigenvalue weighted by Crippen LogP contribution is 2.11. The zero-order chi connectivity index (χ0) is 17.7. The van der Waals surface area contributed by atoms with E-state index in [1.165, 1.54) is 0 Å². The summed E-state index contributed by atoms with van der Waals surface area (Å²) in [5.74, 6) is -0.0118. The Labute approximate surface area is 135 Å². The molecule has 1 N–H and O–H groups in total. The summed E-state index contributed by atoms with van der Waals surface area (Å²) < 4.78 is 4.95. The van der Waals surface area contributed by atoms with Gasteiger partial charge in [-0.1, -0.05) is 39.8 Å². The van der Waals surface area contributed by atoms with Gasteiger partial charge in [0.2, 0.25) is 0 Å². The molecule has 0 aromatic rings. The molecule has 0 aromatic heterocycles. The van der Waals surface area contributed by atoms with Crippen molar-refractivity contribution in [1.82, 2.24) is 0 Å². The van der Waals surface area contributed by atoms with Crippen molar-refractivity contribution in [1.29, 1.82) is 0 Å². The van der Waals surface area contributed by atoms with Crippen LogP contribution in [0.15, 0.2) is 23.3 Å². The molecule has 0 bridgehead atoms. The molecule has 0 aromatic carbocycles. The van der Waals surface area contributed by atoms with E-state index in [-0.39, 0.29) is 5.97 Å². The highest BCUT2D eigenvalue weighted by atomic mass is 16.5. The second kappa shape index (κ2) is 13.1. The van der Waals surface area contributed by atoms with Crippen molar-refractivity contribution in [2.24, 2.45) is 11.8 Å². The smallest absolute Gasteiger partial charge is 0.333 e. The van der Waals surface area contributed by atoms with Gasteiger partial charge in [0, 0.05) is 11.1 Å². The first-order valence-electron chi connectivity index (χ1n) is 7.84. The number of aliphatic carboxylic acids is 1. The SMILES string of the molecule is C/C=C(\C)C(=O)OCC(C)C.C/C=C(\CCC(C)C)C(=O)O. The Bertz CT molecular complexity index is 390. The zero-order valence-electron chi connectivity index (χ0n) is 15.1. The molecule has 4 nitrogen and oxygen atoms in total. The molecule has 0 radical (unpaired) electrons. The Morgan fingerprint density at radius 3 is 1.91 bits per heavy atom. The van der Waals surface area contributed by atoms with Crippen LogP contribution >= 0.6 is 0 Å². The summed E-state index contributed by atoms with van der Waals surface area (Å²) in [4.78, 5) is 21.5. The molecule has 4 heteroatoms. The monoisotopic (exact) mass is 312 g/mol. The van der Waals surface area contributed by atoms with Crippen LogP contribution in [0.4, 0.5) is 0 Å². The van der Waals surface area contributed by atoms with E-state index in [0.717, 1.165) is 6.42 Å². The lowest BCUT2D eigenvalue weighted by atomic mass is 10.0. The summed E-state index contributed by atoms with van der Waals surface area (Å²) in [6.07, 6.45) is 5.06. The predicted octanol–water partition coefficient (Wildman–Crippen LogP) is 4.61. The third-order valence-electron chi connectivity index (χ3n) is 2.92. The predicted molar refractivity (Wildman–Crippen MR) is 90.7 cm³/mol. The fourth-order valence-electron chi connectivity index (χ4n) is 1.29. The Morgan fingerprint density at radius 2 is 1.59 bits per heavy atom. The van der Waals surface area contributed by atoms with E-state index in [1.807, 2.05) is 20.8 Å². The van der Waals surface area contributed by atoms with Gasteiger partial charge in [0.15, 0.2) is 0 Å². The van der Waals surface area contributed by atoms with E-state index >= 15 is 0 Å². The van der Waals surface area contributed by atoms with Crippen LogP contribution in [-0.2, 0) is 14.3 Å². The van der Waals surface area contributed by atoms with Crippen molar-refractivity contribution >= 4 is 11.9 Å².